The second kappa shape index (κ2) is 8.91. The number of carbonyl (C=O) groups is 1. The minimum Gasteiger partial charge on any atom is -0.406 e. The van der Waals surface area contributed by atoms with Gasteiger partial charge in [-0.05, 0) is 43.0 Å². The van der Waals surface area contributed by atoms with E-state index in [0.717, 1.165) is 29.6 Å². The van der Waals surface area contributed by atoms with Crippen molar-refractivity contribution in [2.75, 3.05) is 32.0 Å². The Labute approximate surface area is 197 Å². The zero-order valence-corrected chi connectivity index (χ0v) is 18.7. The molecule has 0 aliphatic carbocycles. The van der Waals surface area contributed by atoms with Crippen molar-refractivity contribution >= 4 is 22.8 Å². The summed E-state index contributed by atoms with van der Waals surface area (Å²) in [5, 5.41) is 0. The maximum atomic E-state index is 13.0. The number of pyridine rings is 1. The first-order chi connectivity index (χ1) is 16.7. The Morgan fingerprint density at radius 2 is 1.97 bits per heavy atom. The van der Waals surface area contributed by atoms with Gasteiger partial charge in [0.2, 0.25) is 0 Å². The SMILES string of the molecule is Nc1cc(OC(F)(F)F)ccc1C(=O)N1CCC(n2c(=O)[nH]c3ncc(C4CCOC4)cc32)CC1. The third-order valence-electron chi connectivity index (χ3n) is 6.60. The van der Waals surface area contributed by atoms with Crippen molar-refractivity contribution in [3.63, 3.8) is 0 Å². The van der Waals surface area contributed by atoms with Gasteiger partial charge in [0.05, 0.1) is 17.7 Å². The molecule has 1 aromatic carbocycles. The summed E-state index contributed by atoms with van der Waals surface area (Å²) in [5.41, 5.74) is 7.88. The normalized spacial score (nSPS) is 19.4. The molecular formula is C23H24F3N5O4. The van der Waals surface area contributed by atoms with Crippen molar-refractivity contribution in [2.45, 2.75) is 37.6 Å². The molecule has 2 aromatic heterocycles. The van der Waals surface area contributed by atoms with Crippen molar-refractivity contribution in [3.05, 3.63) is 52.1 Å². The Kier molecular flexibility index (Phi) is 5.91. The molecule has 0 spiro atoms. The number of rotatable bonds is 4. The summed E-state index contributed by atoms with van der Waals surface area (Å²) in [4.78, 5) is 34.5. The fourth-order valence-electron chi connectivity index (χ4n) is 4.83. The Morgan fingerprint density at radius 3 is 2.63 bits per heavy atom. The van der Waals surface area contributed by atoms with E-state index >= 15 is 0 Å². The number of benzene rings is 1. The molecule has 12 heteroatoms. The molecule has 5 rings (SSSR count). The van der Waals surface area contributed by atoms with Gasteiger partial charge >= 0.3 is 12.1 Å². The van der Waals surface area contributed by atoms with E-state index in [1.54, 1.807) is 15.7 Å². The fraction of sp³-hybridized carbons (Fsp3) is 0.435. The van der Waals surface area contributed by atoms with E-state index in [0.29, 0.717) is 44.8 Å². The lowest BCUT2D eigenvalue weighted by atomic mass is 10.00. The molecule has 0 bridgehead atoms. The molecule has 9 nitrogen and oxygen atoms in total. The Bertz CT molecular complexity index is 1300. The van der Waals surface area contributed by atoms with Crippen LogP contribution in [0.3, 0.4) is 0 Å². The highest BCUT2D eigenvalue weighted by atomic mass is 19.4. The number of fused-ring (bicyclic) bond motifs is 1. The average molecular weight is 491 g/mol. The first-order valence-electron chi connectivity index (χ1n) is 11.3. The van der Waals surface area contributed by atoms with Crippen LogP contribution >= 0.6 is 0 Å². The molecule has 2 fully saturated rings. The maximum Gasteiger partial charge on any atom is 0.573 e. The molecule has 1 atom stereocenters. The topological polar surface area (TPSA) is 115 Å². The number of nitrogens with one attached hydrogen (secondary N) is 1. The number of anilines is 1. The highest BCUT2D eigenvalue weighted by Gasteiger charge is 2.32. The quantitative estimate of drug-likeness (QED) is 0.542. The number of nitrogen functional groups attached to an aromatic ring is 1. The number of carbonyl (C=O) groups excluding carboxylic acids is 1. The minimum atomic E-state index is -4.85. The number of hydrogen-bond acceptors (Lipinski definition) is 6. The van der Waals surface area contributed by atoms with Crippen LogP contribution in [0.15, 0.2) is 35.3 Å². The summed E-state index contributed by atoms with van der Waals surface area (Å²) in [7, 11) is 0. The largest absolute Gasteiger partial charge is 0.573 e. The number of amides is 1. The lowest BCUT2D eigenvalue weighted by molar-refractivity contribution is -0.274. The van der Waals surface area contributed by atoms with Crippen LogP contribution in [0.25, 0.3) is 11.2 Å². The molecule has 0 saturated carbocycles. The highest BCUT2D eigenvalue weighted by Crippen LogP contribution is 2.31. The van der Waals surface area contributed by atoms with Crippen molar-refractivity contribution in [2.24, 2.45) is 0 Å². The van der Waals surface area contributed by atoms with Crippen LogP contribution in [-0.2, 0) is 4.74 Å². The molecule has 186 valence electrons. The zero-order chi connectivity index (χ0) is 24.7. The molecular weight excluding hydrogens is 467 g/mol. The van der Waals surface area contributed by atoms with Gasteiger partial charge in [0.15, 0.2) is 5.65 Å². The molecule has 2 saturated heterocycles. The number of imidazole rings is 1. The molecule has 3 N–H and O–H groups in total. The van der Waals surface area contributed by atoms with Crippen LogP contribution in [0.4, 0.5) is 18.9 Å². The van der Waals surface area contributed by atoms with E-state index in [9.17, 15) is 22.8 Å². The van der Waals surface area contributed by atoms with Crippen molar-refractivity contribution in [3.8, 4) is 5.75 Å². The third kappa shape index (κ3) is 4.70. The summed E-state index contributed by atoms with van der Waals surface area (Å²) in [6.07, 6.45) is -1.09. The van der Waals surface area contributed by atoms with Crippen LogP contribution in [0.2, 0.25) is 0 Å². The molecule has 0 radical (unpaired) electrons. The molecule has 2 aliphatic rings. The van der Waals surface area contributed by atoms with Crippen molar-refractivity contribution in [1.82, 2.24) is 19.4 Å². The fourth-order valence-corrected chi connectivity index (χ4v) is 4.83. The Hall–Kier alpha value is -3.54. The number of halogens is 3. The van der Waals surface area contributed by atoms with Crippen LogP contribution in [0, 0.1) is 0 Å². The smallest absolute Gasteiger partial charge is 0.406 e. The number of H-pyrrole nitrogens is 1. The maximum absolute atomic E-state index is 13.0. The van der Waals surface area contributed by atoms with E-state index in [2.05, 4.69) is 14.7 Å². The minimum absolute atomic E-state index is 0.0961. The molecule has 2 aliphatic heterocycles. The molecule has 3 aromatic rings. The predicted molar refractivity (Wildman–Crippen MR) is 120 cm³/mol. The van der Waals surface area contributed by atoms with Crippen LogP contribution in [0.1, 0.15) is 47.1 Å². The van der Waals surface area contributed by atoms with Crippen molar-refractivity contribution < 1.29 is 27.4 Å². The number of hydrogen-bond donors (Lipinski definition) is 2. The van der Waals surface area contributed by atoms with E-state index < -0.39 is 12.1 Å². The summed E-state index contributed by atoms with van der Waals surface area (Å²) in [5.74, 6) is -0.611. The second-order valence-corrected chi connectivity index (χ2v) is 8.82. The highest BCUT2D eigenvalue weighted by molar-refractivity contribution is 5.99. The van der Waals surface area contributed by atoms with Gasteiger partial charge in [0.25, 0.3) is 5.91 Å². The average Bonchev–Trinajstić information content (AvgIpc) is 3.45. The van der Waals surface area contributed by atoms with Gasteiger partial charge in [-0.1, -0.05) is 0 Å². The summed E-state index contributed by atoms with van der Waals surface area (Å²) in [6.45, 7) is 2.07. The number of ether oxygens (including phenoxy) is 2. The van der Waals surface area contributed by atoms with Gasteiger partial charge in [0, 0.05) is 49.6 Å². The summed E-state index contributed by atoms with van der Waals surface area (Å²) in [6, 6.07) is 5.14. The number of nitrogens with two attached hydrogens (primary N) is 1. The van der Waals surface area contributed by atoms with E-state index in [4.69, 9.17) is 10.5 Å². The van der Waals surface area contributed by atoms with Crippen LogP contribution < -0.4 is 16.2 Å². The lowest BCUT2D eigenvalue weighted by Gasteiger charge is -2.33. The van der Waals surface area contributed by atoms with E-state index in [-0.39, 0.29) is 34.8 Å². The third-order valence-corrected chi connectivity index (χ3v) is 6.60. The van der Waals surface area contributed by atoms with Crippen molar-refractivity contribution in [1.29, 1.82) is 0 Å². The van der Waals surface area contributed by atoms with Gasteiger partial charge in [0.1, 0.15) is 5.75 Å². The first-order valence-corrected chi connectivity index (χ1v) is 11.3. The number of nitrogens with zero attached hydrogens (tertiary/aromatic N) is 3. The predicted octanol–water partition coefficient (Wildman–Crippen LogP) is 3.19. The first kappa shape index (κ1) is 23.2. The number of piperidine rings is 1. The van der Waals surface area contributed by atoms with Crippen LogP contribution in [-0.4, -0.2) is 58.0 Å². The van der Waals surface area contributed by atoms with Gasteiger partial charge in [-0.3, -0.25) is 14.3 Å². The molecule has 1 unspecified atom stereocenters. The lowest BCUT2D eigenvalue weighted by Crippen LogP contribution is -2.40. The van der Waals surface area contributed by atoms with Gasteiger partial charge in [-0.25, -0.2) is 9.78 Å². The van der Waals surface area contributed by atoms with Gasteiger partial charge in [-0.2, -0.15) is 0 Å². The Balaban J connectivity index is 1.31. The molecule has 4 heterocycles. The summed E-state index contributed by atoms with van der Waals surface area (Å²) >= 11 is 0. The monoisotopic (exact) mass is 491 g/mol. The number of likely N-dealkylation sites (tertiary alicyclic amines) is 1. The van der Waals surface area contributed by atoms with Gasteiger partial charge < -0.3 is 20.1 Å². The summed E-state index contributed by atoms with van der Waals surface area (Å²) < 4.78 is 48.3. The Morgan fingerprint density at radius 1 is 1.20 bits per heavy atom. The zero-order valence-electron chi connectivity index (χ0n) is 18.7. The van der Waals surface area contributed by atoms with E-state index in [1.807, 2.05) is 6.07 Å². The number of alkyl halides is 3. The molecule has 35 heavy (non-hydrogen) atoms. The molecule has 1 amide bonds. The standard InChI is InChI=1S/C23H24F3N5O4/c24-23(25,26)35-16-1-2-17(18(27)10-16)21(32)30-6-3-15(4-7-30)31-19-9-14(13-5-8-34-12-13)11-28-20(19)29-22(31)33/h1-2,9-11,13,15H,3-8,12,27H2,(H,28,29,33). The number of aromatic nitrogens is 3. The van der Waals surface area contributed by atoms with Crippen LogP contribution in [0.5, 0.6) is 5.75 Å². The number of aromatic amines is 1. The van der Waals surface area contributed by atoms with Gasteiger partial charge in [-0.15, -0.1) is 13.2 Å². The van der Waals surface area contributed by atoms with E-state index in [1.165, 1.54) is 6.07 Å². The second-order valence-electron chi connectivity index (χ2n) is 8.82.